The van der Waals surface area contributed by atoms with Crippen LogP contribution in [0.1, 0.15) is 6.23 Å². The van der Waals surface area contributed by atoms with E-state index in [0.29, 0.717) is 0 Å². The van der Waals surface area contributed by atoms with Crippen molar-refractivity contribution < 1.29 is 61.4 Å². The predicted molar refractivity (Wildman–Crippen MR) is 100 cm³/mol. The Morgan fingerprint density at radius 3 is 2.31 bits per heavy atom. The van der Waals surface area contributed by atoms with E-state index in [2.05, 4.69) is 28.1 Å². The molecule has 0 amide bonds. The summed E-state index contributed by atoms with van der Waals surface area (Å²) in [7, 11) is -16.7. The normalized spacial score (nSPS) is 27.6. The van der Waals surface area contributed by atoms with Crippen LogP contribution in [0.25, 0.3) is 11.2 Å². The molecule has 1 aliphatic heterocycles. The standard InChI is InChI=1S/C10H16N5O13P3.H3N/c11-8-5-9(13-2-12-8)15(3-14-5)10-7(17)6(16)4(26-10)1-25-30(21,22)28-31(23,24)27-29(18,19)20;/h2-4,6-7,10,16-17H,1H2,(H,21,22)(H,23,24)(H2,11,12,13)(H2,18,19,20);1H3/t4-,6-,7-,10-;/m1./s1. The minimum Gasteiger partial charge on any atom is -0.387 e. The van der Waals surface area contributed by atoms with Crippen molar-refractivity contribution >= 4 is 40.4 Å². The molecule has 2 unspecified atom stereocenters. The lowest BCUT2D eigenvalue weighted by Crippen LogP contribution is -2.33. The van der Waals surface area contributed by atoms with Gasteiger partial charge < -0.3 is 46.4 Å². The molecule has 3 heterocycles. The Kier molecular flexibility index (Phi) is 7.93. The molecule has 22 heteroatoms. The van der Waals surface area contributed by atoms with E-state index in [1.807, 2.05) is 0 Å². The number of hydrogen-bond acceptors (Lipinski definition) is 14. The summed E-state index contributed by atoms with van der Waals surface area (Å²) in [6, 6.07) is 0. The number of nitrogens with zero attached hydrogens (tertiary/aromatic N) is 4. The minimum atomic E-state index is -5.70. The zero-order valence-electron chi connectivity index (χ0n) is 15.6. The minimum absolute atomic E-state index is 0. The van der Waals surface area contributed by atoms with Gasteiger partial charge in [0.25, 0.3) is 0 Å². The van der Waals surface area contributed by atoms with Crippen molar-refractivity contribution in [3.05, 3.63) is 12.7 Å². The summed E-state index contributed by atoms with van der Waals surface area (Å²) in [6.45, 7) is -0.956. The highest BCUT2D eigenvalue weighted by atomic mass is 31.3. The van der Waals surface area contributed by atoms with E-state index in [9.17, 15) is 28.8 Å². The second-order valence-corrected chi connectivity index (χ2v) is 10.4. The van der Waals surface area contributed by atoms with E-state index in [-0.39, 0.29) is 23.1 Å². The number of imidazole rings is 1. The van der Waals surface area contributed by atoms with Gasteiger partial charge in [-0.25, -0.2) is 28.6 Å². The second kappa shape index (κ2) is 9.46. The molecule has 2 aromatic heterocycles. The molecule has 0 aromatic carbocycles. The molecular weight excluding hydrogens is 505 g/mol. The molecule has 0 aliphatic carbocycles. The summed E-state index contributed by atoms with van der Waals surface area (Å²) < 4.78 is 51.9. The fourth-order valence-corrected chi connectivity index (χ4v) is 5.65. The molecule has 19 nitrogen and oxygen atoms in total. The van der Waals surface area contributed by atoms with Crippen LogP contribution >= 0.6 is 23.5 Å². The number of hydrogen-bond donors (Lipinski definition) is 8. The number of fused-ring (bicyclic) bond motifs is 1. The highest BCUT2D eigenvalue weighted by molar-refractivity contribution is 7.66. The summed E-state index contributed by atoms with van der Waals surface area (Å²) in [5, 5.41) is 20.4. The van der Waals surface area contributed by atoms with Crippen LogP contribution < -0.4 is 11.9 Å². The monoisotopic (exact) mass is 524 g/mol. The second-order valence-electron chi connectivity index (χ2n) is 6.02. The number of nitrogens with two attached hydrogens (primary N) is 1. The van der Waals surface area contributed by atoms with E-state index >= 15 is 0 Å². The first-order chi connectivity index (χ1) is 14.2. The number of aliphatic hydroxyl groups excluding tert-OH is 2. The van der Waals surface area contributed by atoms with Gasteiger partial charge in [-0.1, -0.05) is 0 Å². The predicted octanol–water partition coefficient (Wildman–Crippen LogP) is -1.47. The summed E-state index contributed by atoms with van der Waals surface area (Å²) in [5.41, 5.74) is 6.00. The molecule has 0 bridgehead atoms. The number of phosphoric ester groups is 1. The average Bonchev–Trinajstić information content (AvgIpc) is 3.13. The van der Waals surface area contributed by atoms with Gasteiger partial charge in [0, 0.05) is 0 Å². The maximum atomic E-state index is 11.8. The number of aromatic nitrogens is 4. The van der Waals surface area contributed by atoms with Crippen LogP contribution in [0.4, 0.5) is 5.82 Å². The highest BCUT2D eigenvalue weighted by Crippen LogP contribution is 2.66. The van der Waals surface area contributed by atoms with Gasteiger partial charge in [-0.3, -0.25) is 9.09 Å². The topological polar surface area (TPSA) is 314 Å². The smallest absolute Gasteiger partial charge is 0.387 e. The van der Waals surface area contributed by atoms with Gasteiger partial charge in [0.1, 0.15) is 30.2 Å². The van der Waals surface area contributed by atoms with Gasteiger partial charge in [0.05, 0.1) is 12.9 Å². The number of anilines is 1. The molecule has 182 valence electrons. The lowest BCUT2D eigenvalue weighted by molar-refractivity contribution is -0.0503. The summed E-state index contributed by atoms with van der Waals surface area (Å²) in [4.78, 5) is 47.2. The molecule has 0 radical (unpaired) electrons. The van der Waals surface area contributed by atoms with Crippen LogP contribution in [0.5, 0.6) is 0 Å². The average molecular weight is 524 g/mol. The maximum absolute atomic E-state index is 11.8. The van der Waals surface area contributed by atoms with Crippen molar-refractivity contribution in [1.82, 2.24) is 25.7 Å². The van der Waals surface area contributed by atoms with Crippen LogP contribution in [-0.2, 0) is 31.6 Å². The molecule has 2 aromatic rings. The summed E-state index contributed by atoms with van der Waals surface area (Å²) in [5.74, 6) is 0.0426. The Morgan fingerprint density at radius 2 is 1.69 bits per heavy atom. The fraction of sp³-hybridized carbons (Fsp3) is 0.500. The van der Waals surface area contributed by atoms with Crippen LogP contribution in [-0.4, -0.2) is 74.2 Å². The number of ether oxygens (including phenoxy) is 1. The Morgan fingerprint density at radius 1 is 1.03 bits per heavy atom. The van der Waals surface area contributed by atoms with Crippen LogP contribution in [0.3, 0.4) is 0 Å². The van der Waals surface area contributed by atoms with Gasteiger partial charge in [-0.2, -0.15) is 8.62 Å². The maximum Gasteiger partial charge on any atom is 0.490 e. The molecule has 6 atom stereocenters. The number of nitrogen functional groups attached to an aromatic ring is 1. The first-order valence-corrected chi connectivity index (χ1v) is 12.4. The Hall–Kier alpha value is -1.40. The van der Waals surface area contributed by atoms with Crippen molar-refractivity contribution in [2.45, 2.75) is 24.5 Å². The first-order valence-electron chi connectivity index (χ1n) is 7.92. The summed E-state index contributed by atoms with van der Waals surface area (Å²) >= 11 is 0. The molecule has 32 heavy (non-hydrogen) atoms. The number of aliphatic hydroxyl groups is 2. The third kappa shape index (κ3) is 6.13. The van der Waals surface area contributed by atoms with Crippen molar-refractivity contribution in [2.24, 2.45) is 0 Å². The quantitative estimate of drug-likeness (QED) is 0.183. The Labute approximate surface area is 177 Å². The van der Waals surface area contributed by atoms with Crippen molar-refractivity contribution in [3.8, 4) is 0 Å². The third-order valence-corrected chi connectivity index (χ3v) is 7.62. The lowest BCUT2D eigenvalue weighted by atomic mass is 10.1. The van der Waals surface area contributed by atoms with E-state index in [4.69, 9.17) is 25.2 Å². The summed E-state index contributed by atoms with van der Waals surface area (Å²) in [6.07, 6.45) is -3.69. The molecule has 3 rings (SSSR count). The largest absolute Gasteiger partial charge is 0.490 e. The Bertz CT molecular complexity index is 1110. The molecule has 1 fully saturated rings. The molecule has 1 aliphatic rings. The van der Waals surface area contributed by atoms with Gasteiger partial charge in [0.2, 0.25) is 0 Å². The molecule has 11 N–H and O–H groups in total. The van der Waals surface area contributed by atoms with Gasteiger partial charge in [0.15, 0.2) is 17.7 Å². The van der Waals surface area contributed by atoms with Crippen molar-refractivity contribution in [2.75, 3.05) is 12.3 Å². The van der Waals surface area contributed by atoms with E-state index in [1.54, 1.807) is 0 Å². The lowest BCUT2D eigenvalue weighted by Gasteiger charge is -2.19. The van der Waals surface area contributed by atoms with Gasteiger partial charge in [-0.05, 0) is 0 Å². The van der Waals surface area contributed by atoms with Crippen molar-refractivity contribution in [1.29, 1.82) is 0 Å². The van der Waals surface area contributed by atoms with E-state index in [1.165, 1.54) is 10.9 Å². The number of phosphoric acid groups is 3. The third-order valence-electron chi connectivity index (χ3n) is 3.82. The highest BCUT2D eigenvalue weighted by Gasteiger charge is 2.47. The first kappa shape index (κ1) is 26.8. The SMILES string of the molecule is N.Nc1ncnc2c1ncn2[C@@H]1O[C@H](COP(=O)(O)OP(=O)(O)OP(=O)(O)O)[C@@H](O)[C@H]1O. The van der Waals surface area contributed by atoms with Crippen molar-refractivity contribution in [3.63, 3.8) is 0 Å². The molecule has 1 saturated heterocycles. The van der Waals surface area contributed by atoms with E-state index < -0.39 is 54.6 Å². The van der Waals surface area contributed by atoms with Gasteiger partial charge >= 0.3 is 23.5 Å². The Balaban J connectivity index is 0.00000363. The van der Waals surface area contributed by atoms with Crippen LogP contribution in [0, 0.1) is 0 Å². The zero-order valence-corrected chi connectivity index (χ0v) is 18.3. The zero-order chi connectivity index (χ0) is 23.2. The van der Waals surface area contributed by atoms with Crippen LogP contribution in [0.2, 0.25) is 0 Å². The van der Waals surface area contributed by atoms with E-state index in [0.717, 1.165) is 6.33 Å². The fourth-order valence-electron chi connectivity index (χ4n) is 2.62. The molecule has 0 saturated carbocycles. The molecule has 0 spiro atoms. The number of rotatable bonds is 8. The molecular formula is C10H19N6O13P3. The van der Waals surface area contributed by atoms with Gasteiger partial charge in [-0.15, -0.1) is 0 Å². The van der Waals surface area contributed by atoms with Crippen LogP contribution in [0.15, 0.2) is 12.7 Å².